The highest BCUT2D eigenvalue weighted by molar-refractivity contribution is 6.30. The molecule has 1 heterocycles. The summed E-state index contributed by atoms with van der Waals surface area (Å²) in [4.78, 5) is 12.5. The van der Waals surface area contributed by atoms with Crippen molar-refractivity contribution in [3.8, 4) is 17.5 Å². The molecule has 0 aliphatic carbocycles. The largest absolute Gasteiger partial charge is 0.497 e. The molecule has 0 aliphatic heterocycles. The molecular weight excluding hydrogens is 362 g/mol. The van der Waals surface area contributed by atoms with Gasteiger partial charge in [-0.3, -0.25) is 4.79 Å². The third kappa shape index (κ3) is 4.38. The summed E-state index contributed by atoms with van der Waals surface area (Å²) in [6, 6.07) is 19.8. The van der Waals surface area contributed by atoms with Crippen molar-refractivity contribution in [3.05, 3.63) is 83.2 Å². The number of anilines is 1. The molecule has 0 bridgehead atoms. The highest BCUT2D eigenvalue weighted by Gasteiger charge is 2.11. The maximum Gasteiger partial charge on any atom is 0.266 e. The van der Waals surface area contributed by atoms with Gasteiger partial charge in [0.1, 0.15) is 17.4 Å². The van der Waals surface area contributed by atoms with E-state index in [1.165, 1.54) is 0 Å². The molecule has 0 radical (unpaired) electrons. The van der Waals surface area contributed by atoms with Gasteiger partial charge in [-0.2, -0.15) is 5.26 Å². The third-order valence-electron chi connectivity index (χ3n) is 3.89. The van der Waals surface area contributed by atoms with Crippen LogP contribution >= 0.6 is 11.6 Å². The predicted octanol–water partition coefficient (Wildman–Crippen LogP) is 4.68. The zero-order valence-electron chi connectivity index (χ0n) is 14.5. The minimum atomic E-state index is -0.480. The van der Waals surface area contributed by atoms with Crippen LogP contribution in [0.15, 0.2) is 72.4 Å². The molecule has 3 aromatic rings. The van der Waals surface area contributed by atoms with Gasteiger partial charge >= 0.3 is 0 Å². The Morgan fingerprint density at radius 1 is 1.15 bits per heavy atom. The van der Waals surface area contributed by atoms with Crippen LogP contribution in [0.1, 0.15) is 5.69 Å². The minimum absolute atomic E-state index is 0.000249. The molecule has 0 unspecified atom stereocenters. The lowest BCUT2D eigenvalue weighted by Gasteiger charge is -2.08. The zero-order chi connectivity index (χ0) is 19.2. The number of halogens is 1. The van der Waals surface area contributed by atoms with E-state index in [4.69, 9.17) is 16.3 Å². The summed E-state index contributed by atoms with van der Waals surface area (Å²) in [7, 11) is 1.57. The number of rotatable bonds is 5. The van der Waals surface area contributed by atoms with E-state index in [1.807, 2.05) is 41.1 Å². The Morgan fingerprint density at radius 3 is 2.48 bits per heavy atom. The third-order valence-corrected chi connectivity index (χ3v) is 4.14. The van der Waals surface area contributed by atoms with E-state index in [0.29, 0.717) is 22.2 Å². The molecule has 134 valence electrons. The van der Waals surface area contributed by atoms with E-state index in [0.717, 1.165) is 5.69 Å². The second-order valence-electron chi connectivity index (χ2n) is 5.63. The smallest absolute Gasteiger partial charge is 0.266 e. The van der Waals surface area contributed by atoms with Gasteiger partial charge in [-0.05, 0) is 66.7 Å². The predicted molar refractivity (Wildman–Crippen MR) is 106 cm³/mol. The van der Waals surface area contributed by atoms with Crippen molar-refractivity contribution in [1.29, 1.82) is 5.26 Å². The van der Waals surface area contributed by atoms with E-state index in [9.17, 15) is 10.1 Å². The Bertz CT molecular complexity index is 1010. The average molecular weight is 378 g/mol. The van der Waals surface area contributed by atoms with Crippen LogP contribution in [0.2, 0.25) is 5.02 Å². The highest BCUT2D eigenvalue weighted by atomic mass is 35.5. The normalized spacial score (nSPS) is 10.9. The van der Waals surface area contributed by atoms with Crippen LogP contribution in [0.5, 0.6) is 5.75 Å². The highest BCUT2D eigenvalue weighted by Crippen LogP contribution is 2.19. The Morgan fingerprint density at radius 2 is 1.85 bits per heavy atom. The fourth-order valence-electron chi connectivity index (χ4n) is 2.52. The topological polar surface area (TPSA) is 67.0 Å². The van der Waals surface area contributed by atoms with E-state index in [1.54, 1.807) is 49.6 Å². The number of amides is 1. The molecule has 1 amide bonds. The standard InChI is InChI=1S/C21H16ClN3O2/c1-27-20-10-6-17(7-11-20)24-21(26)15(14-23)13-19-3-2-12-25(19)18-8-4-16(22)5-9-18/h2-13H,1H3,(H,24,26)/b15-13-. The van der Waals surface area contributed by atoms with Gasteiger partial charge in [0.2, 0.25) is 0 Å². The molecule has 0 spiro atoms. The van der Waals surface area contributed by atoms with Crippen molar-refractivity contribution in [3.63, 3.8) is 0 Å². The van der Waals surface area contributed by atoms with Gasteiger partial charge < -0.3 is 14.6 Å². The molecule has 6 heteroatoms. The first-order chi connectivity index (χ1) is 13.1. The van der Waals surface area contributed by atoms with Gasteiger partial charge in [0, 0.05) is 28.3 Å². The zero-order valence-corrected chi connectivity index (χ0v) is 15.3. The van der Waals surface area contributed by atoms with Crippen molar-refractivity contribution in [1.82, 2.24) is 4.57 Å². The van der Waals surface area contributed by atoms with Crippen LogP contribution in [0, 0.1) is 11.3 Å². The van der Waals surface area contributed by atoms with Crippen molar-refractivity contribution < 1.29 is 9.53 Å². The SMILES string of the molecule is COc1ccc(NC(=O)/C(C#N)=C\c2cccn2-c2ccc(Cl)cc2)cc1. The summed E-state index contributed by atoms with van der Waals surface area (Å²) in [5.74, 6) is 0.205. The molecule has 2 aromatic carbocycles. The number of carbonyl (C=O) groups excluding carboxylic acids is 1. The number of nitrogens with one attached hydrogen (secondary N) is 1. The number of aromatic nitrogens is 1. The van der Waals surface area contributed by atoms with E-state index < -0.39 is 5.91 Å². The lowest BCUT2D eigenvalue weighted by molar-refractivity contribution is -0.112. The lowest BCUT2D eigenvalue weighted by atomic mass is 10.2. The first-order valence-electron chi connectivity index (χ1n) is 8.11. The van der Waals surface area contributed by atoms with Crippen molar-refractivity contribution in [2.45, 2.75) is 0 Å². The average Bonchev–Trinajstić information content (AvgIpc) is 3.15. The Hall–Kier alpha value is -3.49. The molecule has 0 fully saturated rings. The van der Waals surface area contributed by atoms with E-state index in [-0.39, 0.29) is 5.57 Å². The molecule has 0 aliphatic rings. The van der Waals surface area contributed by atoms with Gasteiger partial charge in [0.25, 0.3) is 5.91 Å². The number of benzene rings is 2. The fraction of sp³-hybridized carbons (Fsp3) is 0.0476. The van der Waals surface area contributed by atoms with E-state index in [2.05, 4.69) is 5.32 Å². The monoisotopic (exact) mass is 377 g/mol. The summed E-state index contributed by atoms with van der Waals surface area (Å²) >= 11 is 5.93. The number of methoxy groups -OCH3 is 1. The van der Waals surface area contributed by atoms with E-state index >= 15 is 0 Å². The maximum atomic E-state index is 12.5. The number of hydrogen-bond donors (Lipinski definition) is 1. The number of nitrogens with zero attached hydrogens (tertiary/aromatic N) is 2. The van der Waals surface area contributed by atoms with Crippen LogP contribution < -0.4 is 10.1 Å². The fourth-order valence-corrected chi connectivity index (χ4v) is 2.64. The molecule has 0 saturated heterocycles. The number of hydrogen-bond acceptors (Lipinski definition) is 3. The lowest BCUT2D eigenvalue weighted by Crippen LogP contribution is -2.13. The first kappa shape index (κ1) is 18.3. The molecular formula is C21H16ClN3O2. The Balaban J connectivity index is 1.84. The number of nitriles is 1. The molecule has 5 nitrogen and oxygen atoms in total. The van der Waals surface area contributed by atoms with Crippen LogP contribution in [0.3, 0.4) is 0 Å². The van der Waals surface area contributed by atoms with Crippen molar-refractivity contribution >= 4 is 29.3 Å². The second kappa shape index (κ2) is 8.26. The van der Waals surface area contributed by atoms with Crippen LogP contribution in [0.4, 0.5) is 5.69 Å². The quantitative estimate of drug-likeness (QED) is 0.518. The number of ether oxygens (including phenoxy) is 1. The van der Waals surface area contributed by atoms with Gasteiger partial charge in [0.15, 0.2) is 0 Å². The van der Waals surface area contributed by atoms with Gasteiger partial charge in [-0.15, -0.1) is 0 Å². The summed E-state index contributed by atoms with van der Waals surface area (Å²) in [6.07, 6.45) is 3.40. The van der Waals surface area contributed by atoms with Gasteiger partial charge in [-0.25, -0.2) is 0 Å². The molecule has 1 aromatic heterocycles. The summed E-state index contributed by atoms with van der Waals surface area (Å²) in [5, 5.41) is 12.8. The molecule has 27 heavy (non-hydrogen) atoms. The first-order valence-corrected chi connectivity index (χ1v) is 8.49. The Labute approximate surface area is 162 Å². The summed E-state index contributed by atoms with van der Waals surface area (Å²) in [5.41, 5.74) is 2.16. The summed E-state index contributed by atoms with van der Waals surface area (Å²) < 4.78 is 6.96. The van der Waals surface area contributed by atoms with Crippen molar-refractivity contribution in [2.24, 2.45) is 0 Å². The molecule has 0 saturated carbocycles. The minimum Gasteiger partial charge on any atom is -0.497 e. The maximum absolute atomic E-state index is 12.5. The van der Waals surface area contributed by atoms with Crippen molar-refractivity contribution in [2.75, 3.05) is 12.4 Å². The van der Waals surface area contributed by atoms with Gasteiger partial charge in [-0.1, -0.05) is 11.6 Å². The van der Waals surface area contributed by atoms with Gasteiger partial charge in [0.05, 0.1) is 7.11 Å². The Kier molecular flexibility index (Phi) is 5.60. The molecule has 0 atom stereocenters. The molecule has 1 N–H and O–H groups in total. The summed E-state index contributed by atoms with van der Waals surface area (Å²) in [6.45, 7) is 0. The number of carbonyl (C=O) groups is 1. The molecule has 3 rings (SSSR count). The van der Waals surface area contributed by atoms with Crippen LogP contribution in [-0.2, 0) is 4.79 Å². The second-order valence-corrected chi connectivity index (χ2v) is 6.07. The van der Waals surface area contributed by atoms with Crippen LogP contribution in [-0.4, -0.2) is 17.6 Å². The van der Waals surface area contributed by atoms with Crippen LogP contribution in [0.25, 0.3) is 11.8 Å².